The Morgan fingerprint density at radius 1 is 0.853 bits per heavy atom. The lowest BCUT2D eigenvalue weighted by molar-refractivity contribution is 0.0747. The molecule has 5 aromatic rings. The Labute approximate surface area is 198 Å². The van der Waals surface area contributed by atoms with Crippen LogP contribution in [0.4, 0.5) is 14.5 Å². The Morgan fingerprint density at radius 3 is 2.24 bits per heavy atom. The minimum Gasteiger partial charge on any atom is -0.368 e. The van der Waals surface area contributed by atoms with Crippen molar-refractivity contribution in [2.24, 2.45) is 0 Å². The van der Waals surface area contributed by atoms with Gasteiger partial charge in [-0.3, -0.25) is 9.20 Å². The molecule has 0 N–H and O–H groups in total. The fraction of sp³-hybridized carbons (Fsp3) is 0.154. The minimum atomic E-state index is -0.274. The van der Waals surface area contributed by atoms with E-state index in [4.69, 9.17) is 4.98 Å². The maximum Gasteiger partial charge on any atom is 0.254 e. The molecule has 3 heterocycles. The Hall–Kier alpha value is -3.78. The molecule has 1 fully saturated rings. The molecule has 1 aliphatic heterocycles. The largest absolute Gasteiger partial charge is 0.368 e. The number of piperazine rings is 1. The van der Waals surface area contributed by atoms with Gasteiger partial charge in [-0.05, 0) is 66.7 Å². The van der Waals surface area contributed by atoms with Crippen LogP contribution >= 0.6 is 11.3 Å². The first-order chi connectivity index (χ1) is 16.5. The number of aromatic nitrogens is 2. The van der Waals surface area contributed by atoms with Gasteiger partial charge in [0.15, 0.2) is 4.96 Å². The van der Waals surface area contributed by atoms with Gasteiger partial charge in [0.1, 0.15) is 11.6 Å². The van der Waals surface area contributed by atoms with Gasteiger partial charge in [-0.15, -0.1) is 0 Å². The first-order valence-electron chi connectivity index (χ1n) is 11.0. The molecule has 0 saturated carbocycles. The number of fused-ring (bicyclic) bond motifs is 3. The molecule has 1 amide bonds. The second-order valence-electron chi connectivity index (χ2n) is 8.33. The molecule has 0 aliphatic carbocycles. The normalized spacial score (nSPS) is 14.3. The molecule has 0 spiro atoms. The van der Waals surface area contributed by atoms with Crippen LogP contribution < -0.4 is 4.90 Å². The highest BCUT2D eigenvalue weighted by Gasteiger charge is 2.23. The predicted molar refractivity (Wildman–Crippen MR) is 130 cm³/mol. The van der Waals surface area contributed by atoms with Gasteiger partial charge in [-0.2, -0.15) is 0 Å². The van der Waals surface area contributed by atoms with Crippen molar-refractivity contribution in [3.63, 3.8) is 0 Å². The smallest absolute Gasteiger partial charge is 0.254 e. The van der Waals surface area contributed by atoms with Crippen LogP contribution in [0.2, 0.25) is 0 Å². The summed E-state index contributed by atoms with van der Waals surface area (Å²) in [6, 6.07) is 18.5. The molecule has 34 heavy (non-hydrogen) atoms. The van der Waals surface area contributed by atoms with Crippen LogP contribution in [0.1, 0.15) is 10.4 Å². The van der Waals surface area contributed by atoms with E-state index in [0.29, 0.717) is 31.7 Å². The second-order valence-corrected chi connectivity index (χ2v) is 9.33. The molecule has 8 heteroatoms. The number of anilines is 1. The third-order valence-electron chi connectivity index (χ3n) is 6.24. The minimum absolute atomic E-state index is 0.0127. The van der Waals surface area contributed by atoms with Crippen LogP contribution in [-0.2, 0) is 0 Å². The van der Waals surface area contributed by atoms with Gasteiger partial charge >= 0.3 is 0 Å². The van der Waals surface area contributed by atoms with Crippen molar-refractivity contribution in [1.29, 1.82) is 0 Å². The van der Waals surface area contributed by atoms with E-state index in [2.05, 4.69) is 4.90 Å². The number of hydrogen-bond acceptors (Lipinski definition) is 4. The monoisotopic (exact) mass is 474 g/mol. The van der Waals surface area contributed by atoms with E-state index in [0.717, 1.165) is 32.1 Å². The van der Waals surface area contributed by atoms with E-state index >= 15 is 0 Å². The number of rotatable bonds is 3. The highest BCUT2D eigenvalue weighted by atomic mass is 32.1. The summed E-state index contributed by atoms with van der Waals surface area (Å²) >= 11 is 1.53. The number of amides is 1. The Bertz CT molecular complexity index is 1500. The molecule has 0 radical (unpaired) electrons. The maximum absolute atomic E-state index is 13.2. The lowest BCUT2D eigenvalue weighted by Gasteiger charge is -2.36. The molecule has 1 saturated heterocycles. The molecule has 3 aromatic carbocycles. The Balaban J connectivity index is 1.20. The van der Waals surface area contributed by atoms with Crippen LogP contribution in [0, 0.1) is 11.6 Å². The van der Waals surface area contributed by atoms with Gasteiger partial charge in [0.25, 0.3) is 5.91 Å². The third-order valence-corrected chi connectivity index (χ3v) is 7.26. The molecular formula is C26H20F2N4OS. The van der Waals surface area contributed by atoms with E-state index in [-0.39, 0.29) is 17.5 Å². The summed E-state index contributed by atoms with van der Waals surface area (Å²) in [5.41, 5.74) is 4.26. The first kappa shape index (κ1) is 20.8. The van der Waals surface area contributed by atoms with Crippen molar-refractivity contribution in [3.05, 3.63) is 90.1 Å². The highest BCUT2D eigenvalue weighted by molar-refractivity contribution is 7.23. The zero-order valence-corrected chi connectivity index (χ0v) is 18.9. The van der Waals surface area contributed by atoms with Crippen molar-refractivity contribution >= 4 is 38.1 Å². The zero-order chi connectivity index (χ0) is 23.2. The van der Waals surface area contributed by atoms with E-state index in [1.807, 2.05) is 33.7 Å². The topological polar surface area (TPSA) is 40.9 Å². The second kappa shape index (κ2) is 8.22. The molecule has 6 rings (SSSR count). The zero-order valence-electron chi connectivity index (χ0n) is 18.1. The number of carbonyl (C=O) groups is 1. The summed E-state index contributed by atoms with van der Waals surface area (Å²) in [5, 5.41) is 0. The number of halogens is 2. The fourth-order valence-corrected chi connectivity index (χ4v) is 5.44. The van der Waals surface area contributed by atoms with Crippen molar-refractivity contribution in [2.75, 3.05) is 31.1 Å². The quantitative estimate of drug-likeness (QED) is 0.349. The summed E-state index contributed by atoms with van der Waals surface area (Å²) in [6.07, 6.45) is 1.94. The van der Waals surface area contributed by atoms with Gasteiger partial charge in [-0.1, -0.05) is 11.3 Å². The average Bonchev–Trinajstić information content (AvgIpc) is 3.42. The molecule has 5 nitrogen and oxygen atoms in total. The van der Waals surface area contributed by atoms with Crippen molar-refractivity contribution in [3.8, 4) is 11.3 Å². The molecule has 0 atom stereocenters. The Kier molecular flexibility index (Phi) is 5.03. The fourth-order valence-electron chi connectivity index (χ4n) is 4.40. The SMILES string of the molecule is O=C(c1ccc2c(c1)sc1nc(-c3ccc(F)cc3)cn12)N1CCN(c2ccc(F)cc2)CC1. The van der Waals surface area contributed by atoms with Crippen molar-refractivity contribution in [2.45, 2.75) is 0 Å². The van der Waals surface area contributed by atoms with E-state index in [9.17, 15) is 13.6 Å². The lowest BCUT2D eigenvalue weighted by atomic mass is 10.1. The van der Waals surface area contributed by atoms with Gasteiger partial charge < -0.3 is 9.80 Å². The van der Waals surface area contributed by atoms with Crippen LogP contribution in [0.3, 0.4) is 0 Å². The first-order valence-corrected chi connectivity index (χ1v) is 11.8. The molecule has 0 bridgehead atoms. The lowest BCUT2D eigenvalue weighted by Crippen LogP contribution is -2.48. The molecular weight excluding hydrogens is 454 g/mol. The number of imidazole rings is 1. The molecule has 1 aliphatic rings. The van der Waals surface area contributed by atoms with E-state index in [1.54, 1.807) is 24.3 Å². The third kappa shape index (κ3) is 3.70. The van der Waals surface area contributed by atoms with Crippen molar-refractivity contribution < 1.29 is 13.6 Å². The van der Waals surface area contributed by atoms with Gasteiger partial charge in [-0.25, -0.2) is 13.8 Å². The molecule has 2 aromatic heterocycles. The Morgan fingerprint density at radius 2 is 1.53 bits per heavy atom. The standard InChI is InChI=1S/C26H20F2N4OS/c27-19-4-1-17(2-5-19)22-16-32-23-10-3-18(15-24(23)34-26(32)29-22)25(33)31-13-11-30(12-14-31)21-8-6-20(28)7-9-21/h1-10,15-16H,11-14H2. The van der Waals surface area contributed by atoms with Gasteiger partial charge in [0, 0.05) is 49.2 Å². The van der Waals surface area contributed by atoms with E-state index < -0.39 is 0 Å². The highest BCUT2D eigenvalue weighted by Crippen LogP contribution is 2.30. The number of thiazole rings is 1. The average molecular weight is 475 g/mol. The van der Waals surface area contributed by atoms with Crippen LogP contribution in [0.5, 0.6) is 0 Å². The van der Waals surface area contributed by atoms with Crippen molar-refractivity contribution in [1.82, 2.24) is 14.3 Å². The maximum atomic E-state index is 13.2. The van der Waals surface area contributed by atoms with Gasteiger partial charge in [0.2, 0.25) is 0 Å². The predicted octanol–water partition coefficient (Wildman–Crippen LogP) is 5.46. The molecule has 0 unspecified atom stereocenters. The van der Waals surface area contributed by atoms with Crippen LogP contribution in [-0.4, -0.2) is 46.4 Å². The van der Waals surface area contributed by atoms with Gasteiger partial charge in [0.05, 0.1) is 15.9 Å². The summed E-state index contributed by atoms with van der Waals surface area (Å²) in [7, 11) is 0. The number of hydrogen-bond donors (Lipinski definition) is 0. The summed E-state index contributed by atoms with van der Waals surface area (Å²) in [6.45, 7) is 2.64. The number of benzene rings is 3. The molecule has 170 valence electrons. The van der Waals surface area contributed by atoms with Crippen LogP contribution in [0.15, 0.2) is 72.9 Å². The van der Waals surface area contributed by atoms with E-state index in [1.165, 1.54) is 35.6 Å². The summed E-state index contributed by atoms with van der Waals surface area (Å²) < 4.78 is 29.4. The summed E-state index contributed by atoms with van der Waals surface area (Å²) in [4.78, 5) is 22.7. The number of nitrogens with zero attached hydrogens (tertiary/aromatic N) is 4. The summed E-state index contributed by atoms with van der Waals surface area (Å²) in [5.74, 6) is -0.511. The van der Waals surface area contributed by atoms with Crippen LogP contribution in [0.25, 0.3) is 26.4 Å². The number of carbonyl (C=O) groups excluding carboxylic acids is 1.